The molecule has 1 aromatic carbocycles. The van der Waals surface area contributed by atoms with Gasteiger partial charge in [-0.1, -0.05) is 18.2 Å². The first-order valence-electron chi connectivity index (χ1n) is 4.83. The molecule has 6 heteroatoms. The van der Waals surface area contributed by atoms with Gasteiger partial charge in [0.15, 0.2) is 6.10 Å². The molecule has 0 saturated heterocycles. The number of aliphatic carboxylic acids is 1. The largest absolute Gasteiger partial charge is 0.479 e. The van der Waals surface area contributed by atoms with E-state index in [1.807, 2.05) is 0 Å². The Labute approximate surface area is 97.9 Å². The first kappa shape index (κ1) is 11.8. The molecule has 1 aliphatic rings. The van der Waals surface area contributed by atoms with E-state index >= 15 is 0 Å². The van der Waals surface area contributed by atoms with E-state index in [0.29, 0.717) is 11.1 Å². The van der Waals surface area contributed by atoms with E-state index in [2.05, 4.69) is 0 Å². The second-order valence-corrected chi connectivity index (χ2v) is 5.67. The summed E-state index contributed by atoms with van der Waals surface area (Å²) in [4.78, 5) is 10.3. The van der Waals surface area contributed by atoms with Gasteiger partial charge in [-0.2, -0.15) is 0 Å². The number of fused-ring (bicyclic) bond motifs is 1. The molecule has 17 heavy (non-hydrogen) atoms. The van der Waals surface area contributed by atoms with Gasteiger partial charge in [0.25, 0.3) is 0 Å². The van der Waals surface area contributed by atoms with Crippen LogP contribution in [0.3, 0.4) is 0 Å². The molecule has 0 fully saturated rings. The lowest BCUT2D eigenvalue weighted by molar-refractivity contribution is -0.144. The third-order valence-corrected chi connectivity index (χ3v) is 4.68. The zero-order valence-corrected chi connectivity index (χ0v) is 9.73. The molecule has 0 spiro atoms. The van der Waals surface area contributed by atoms with Crippen LogP contribution in [0.4, 0.5) is 0 Å². The van der Waals surface area contributed by atoms with Gasteiger partial charge in [0.1, 0.15) is 0 Å². The normalized spacial score (nSPS) is 18.4. The highest BCUT2D eigenvalue weighted by molar-refractivity contribution is 7.96. The summed E-state index contributed by atoms with van der Waals surface area (Å²) in [7, 11) is -3.89. The average Bonchev–Trinajstić information content (AvgIpc) is 2.50. The lowest BCUT2D eigenvalue weighted by Crippen LogP contribution is -2.25. The molecule has 0 amide bonds. The highest BCUT2D eigenvalue weighted by Crippen LogP contribution is 2.36. The van der Waals surface area contributed by atoms with E-state index in [9.17, 15) is 18.3 Å². The second kappa shape index (κ2) is 3.68. The smallest absolute Gasteiger partial charge is 0.337 e. The second-order valence-electron chi connectivity index (χ2n) is 3.78. The van der Waals surface area contributed by atoms with E-state index < -0.39 is 26.8 Å². The topological polar surface area (TPSA) is 91.7 Å². The van der Waals surface area contributed by atoms with Crippen LogP contribution >= 0.6 is 0 Å². The van der Waals surface area contributed by atoms with E-state index in [1.54, 1.807) is 25.1 Å². The Morgan fingerprint density at radius 2 is 2.00 bits per heavy atom. The van der Waals surface area contributed by atoms with Gasteiger partial charge >= 0.3 is 5.97 Å². The van der Waals surface area contributed by atoms with Crippen molar-refractivity contribution in [2.24, 2.45) is 0 Å². The van der Waals surface area contributed by atoms with Crippen LogP contribution in [0, 0.1) is 6.92 Å². The summed E-state index contributed by atoms with van der Waals surface area (Å²) >= 11 is 0. The highest BCUT2D eigenvalue weighted by atomic mass is 32.2. The lowest BCUT2D eigenvalue weighted by Gasteiger charge is -2.08. The van der Waals surface area contributed by atoms with Crippen LogP contribution in [0.2, 0.25) is 0 Å². The third-order valence-electron chi connectivity index (χ3n) is 2.62. The molecule has 0 aromatic heterocycles. The maximum Gasteiger partial charge on any atom is 0.337 e. The lowest BCUT2D eigenvalue weighted by atomic mass is 10.1. The van der Waals surface area contributed by atoms with Crippen LogP contribution in [0.15, 0.2) is 28.0 Å². The fourth-order valence-electron chi connectivity index (χ4n) is 1.85. The molecule has 5 nitrogen and oxygen atoms in total. The molecule has 0 radical (unpaired) electrons. The van der Waals surface area contributed by atoms with Gasteiger partial charge in [-0.3, -0.25) is 0 Å². The highest BCUT2D eigenvalue weighted by Gasteiger charge is 2.37. The van der Waals surface area contributed by atoms with Gasteiger partial charge in [0, 0.05) is 0 Å². The maximum atomic E-state index is 12.1. The first-order chi connectivity index (χ1) is 7.85. The monoisotopic (exact) mass is 254 g/mol. The molecule has 1 unspecified atom stereocenters. The van der Waals surface area contributed by atoms with Crippen LogP contribution in [0.1, 0.15) is 11.1 Å². The van der Waals surface area contributed by atoms with Gasteiger partial charge < -0.3 is 10.2 Å². The SMILES string of the molecule is Cc1cccc2c1S(=O)(=O)C(C(O)C(=O)O)=C2. The number of rotatable bonds is 2. The fourth-order valence-corrected chi connectivity index (χ4v) is 3.69. The summed E-state index contributed by atoms with van der Waals surface area (Å²) in [6.07, 6.45) is -0.817. The number of aliphatic hydroxyl groups is 1. The van der Waals surface area contributed by atoms with Crippen LogP contribution < -0.4 is 0 Å². The zero-order valence-electron chi connectivity index (χ0n) is 8.91. The van der Waals surface area contributed by atoms with Gasteiger partial charge in [-0.05, 0) is 24.1 Å². The van der Waals surface area contributed by atoms with Crippen molar-refractivity contribution < 1.29 is 23.4 Å². The van der Waals surface area contributed by atoms with E-state index in [1.165, 1.54) is 6.08 Å². The van der Waals surface area contributed by atoms with Crippen molar-refractivity contribution in [3.05, 3.63) is 34.2 Å². The summed E-state index contributed by atoms with van der Waals surface area (Å²) in [6, 6.07) is 4.87. The van der Waals surface area contributed by atoms with Crippen LogP contribution in [-0.4, -0.2) is 30.7 Å². The molecule has 90 valence electrons. The average molecular weight is 254 g/mol. The molecule has 2 N–H and O–H groups in total. The minimum absolute atomic E-state index is 0.0790. The molecule has 0 saturated carbocycles. The summed E-state index contributed by atoms with van der Waals surface area (Å²) < 4.78 is 24.1. The Hall–Kier alpha value is -1.66. The van der Waals surface area contributed by atoms with Gasteiger partial charge in [0.2, 0.25) is 9.84 Å². The molecule has 1 aromatic rings. The summed E-state index contributed by atoms with van der Waals surface area (Å²) in [5, 5.41) is 18.0. The Balaban J connectivity index is 2.66. The van der Waals surface area contributed by atoms with Crippen molar-refractivity contribution in [1.82, 2.24) is 0 Å². The molecule has 1 heterocycles. The number of hydrogen-bond donors (Lipinski definition) is 2. The quantitative estimate of drug-likeness (QED) is 0.805. The zero-order chi connectivity index (χ0) is 12.8. The molecular formula is C11H10O5S. The van der Waals surface area contributed by atoms with E-state index in [0.717, 1.165) is 0 Å². The summed E-state index contributed by atoms with van der Waals surface area (Å²) in [5.74, 6) is -1.58. The Bertz CT molecular complexity index is 627. The van der Waals surface area contributed by atoms with Crippen LogP contribution in [-0.2, 0) is 14.6 Å². The molecular weight excluding hydrogens is 244 g/mol. The maximum absolute atomic E-state index is 12.1. The Kier molecular flexibility index (Phi) is 2.56. The standard InChI is InChI=1S/C11H10O5S/c1-6-3-2-4-7-5-8(9(12)11(13)14)17(15,16)10(6)7/h2-5,9,12H,1H3,(H,13,14). The number of sulfone groups is 1. The minimum atomic E-state index is -3.89. The predicted molar refractivity (Wildman–Crippen MR) is 60.0 cm³/mol. The van der Waals surface area contributed by atoms with Crippen LogP contribution in [0.5, 0.6) is 0 Å². The third kappa shape index (κ3) is 1.65. The van der Waals surface area contributed by atoms with Crippen LogP contribution in [0.25, 0.3) is 6.08 Å². The van der Waals surface area contributed by atoms with Crippen molar-refractivity contribution in [2.75, 3.05) is 0 Å². The fraction of sp³-hybridized carbons (Fsp3) is 0.182. The number of aliphatic hydroxyl groups excluding tert-OH is 1. The molecule has 0 aliphatic carbocycles. The number of hydrogen-bond acceptors (Lipinski definition) is 4. The van der Waals surface area contributed by atoms with Crippen molar-refractivity contribution >= 4 is 21.9 Å². The number of aryl methyl sites for hydroxylation is 1. The van der Waals surface area contributed by atoms with E-state index in [-0.39, 0.29) is 4.90 Å². The molecule has 0 bridgehead atoms. The molecule has 1 atom stereocenters. The number of carbonyl (C=O) groups is 1. The minimum Gasteiger partial charge on any atom is -0.479 e. The van der Waals surface area contributed by atoms with Gasteiger partial charge in [-0.25, -0.2) is 13.2 Å². The predicted octanol–water partition coefficient (Wildman–Crippen LogP) is 0.569. The van der Waals surface area contributed by atoms with Crippen molar-refractivity contribution in [2.45, 2.75) is 17.9 Å². The summed E-state index contributed by atoms with van der Waals surface area (Å²) in [6.45, 7) is 1.63. The summed E-state index contributed by atoms with van der Waals surface area (Å²) in [5.41, 5.74) is 0.951. The van der Waals surface area contributed by atoms with Crippen molar-refractivity contribution in [1.29, 1.82) is 0 Å². The number of carboxylic acid groups (broad SMARTS) is 1. The van der Waals surface area contributed by atoms with Crippen molar-refractivity contribution in [3.63, 3.8) is 0 Å². The molecule has 2 rings (SSSR count). The first-order valence-corrected chi connectivity index (χ1v) is 6.31. The number of carboxylic acids is 1. The number of benzene rings is 1. The van der Waals surface area contributed by atoms with Gasteiger partial charge in [-0.15, -0.1) is 0 Å². The van der Waals surface area contributed by atoms with Crippen molar-refractivity contribution in [3.8, 4) is 0 Å². The van der Waals surface area contributed by atoms with Gasteiger partial charge in [0.05, 0.1) is 9.80 Å². The Morgan fingerprint density at radius 3 is 2.53 bits per heavy atom. The molecule has 1 aliphatic heterocycles. The Morgan fingerprint density at radius 1 is 1.35 bits per heavy atom. The van der Waals surface area contributed by atoms with E-state index in [4.69, 9.17) is 5.11 Å².